The molecular weight excluding hydrogens is 188 g/mol. The highest BCUT2D eigenvalue weighted by molar-refractivity contribution is 5.94. The summed E-state index contributed by atoms with van der Waals surface area (Å²) >= 11 is 0. The molecule has 0 unspecified atom stereocenters. The van der Waals surface area contributed by atoms with Crippen LogP contribution in [0.25, 0.3) is 0 Å². The molecule has 2 atom stereocenters. The second-order valence-electron chi connectivity index (χ2n) is 5.96. The Morgan fingerprint density at radius 2 is 1.53 bits per heavy atom. The van der Waals surface area contributed by atoms with Gasteiger partial charge in [0.1, 0.15) is 11.6 Å². The molecule has 2 nitrogen and oxygen atoms in total. The molecule has 1 aliphatic rings. The van der Waals surface area contributed by atoms with Crippen LogP contribution in [0.3, 0.4) is 0 Å². The van der Waals surface area contributed by atoms with Crippen LogP contribution in [0.2, 0.25) is 0 Å². The van der Waals surface area contributed by atoms with Crippen molar-refractivity contribution in [1.29, 1.82) is 0 Å². The Bertz CT molecular complexity index is 271. The van der Waals surface area contributed by atoms with Crippen LogP contribution in [0.15, 0.2) is 0 Å². The number of carbonyl (C=O) groups excluding carboxylic acids is 2. The van der Waals surface area contributed by atoms with Crippen molar-refractivity contribution in [2.45, 2.75) is 47.5 Å². The summed E-state index contributed by atoms with van der Waals surface area (Å²) in [4.78, 5) is 23.8. The predicted molar refractivity (Wildman–Crippen MR) is 60.5 cm³/mol. The lowest BCUT2D eigenvalue weighted by atomic mass is 9.63. The van der Waals surface area contributed by atoms with Gasteiger partial charge < -0.3 is 0 Å². The van der Waals surface area contributed by atoms with Crippen LogP contribution in [-0.2, 0) is 9.59 Å². The van der Waals surface area contributed by atoms with E-state index in [0.29, 0.717) is 0 Å². The number of hydrogen-bond acceptors (Lipinski definition) is 2. The van der Waals surface area contributed by atoms with E-state index in [1.54, 1.807) is 0 Å². The summed E-state index contributed by atoms with van der Waals surface area (Å²) in [6.07, 6.45) is 1.81. The van der Waals surface area contributed by atoms with E-state index in [-0.39, 0.29) is 34.7 Å². The quantitative estimate of drug-likeness (QED) is 0.717. The highest BCUT2D eigenvalue weighted by atomic mass is 16.1. The fourth-order valence-corrected chi connectivity index (χ4v) is 2.14. The third-order valence-corrected chi connectivity index (χ3v) is 3.28. The third kappa shape index (κ3) is 2.47. The molecule has 0 spiro atoms. The van der Waals surface area contributed by atoms with E-state index in [9.17, 15) is 9.59 Å². The summed E-state index contributed by atoms with van der Waals surface area (Å²) in [6, 6.07) is 0. The van der Waals surface area contributed by atoms with Crippen molar-refractivity contribution in [2.75, 3.05) is 0 Å². The Kier molecular flexibility index (Phi) is 3.37. The van der Waals surface area contributed by atoms with E-state index in [1.165, 1.54) is 0 Å². The van der Waals surface area contributed by atoms with E-state index in [2.05, 4.69) is 0 Å². The van der Waals surface area contributed by atoms with Crippen molar-refractivity contribution < 1.29 is 9.59 Å². The Labute approximate surface area is 92.4 Å². The maximum Gasteiger partial charge on any atom is 0.141 e. The number of rotatable bonds is 3. The van der Waals surface area contributed by atoms with Crippen LogP contribution in [0.5, 0.6) is 0 Å². The van der Waals surface area contributed by atoms with Crippen LogP contribution in [0.4, 0.5) is 0 Å². The van der Waals surface area contributed by atoms with Crippen molar-refractivity contribution in [3.63, 3.8) is 0 Å². The second kappa shape index (κ2) is 4.07. The summed E-state index contributed by atoms with van der Waals surface area (Å²) in [6.45, 7) is 9.64. The van der Waals surface area contributed by atoms with Gasteiger partial charge in [-0.3, -0.25) is 9.59 Å². The third-order valence-electron chi connectivity index (χ3n) is 3.28. The van der Waals surface area contributed by atoms with Gasteiger partial charge in [-0.25, -0.2) is 0 Å². The van der Waals surface area contributed by atoms with Gasteiger partial charge in [-0.2, -0.15) is 0 Å². The summed E-state index contributed by atoms with van der Waals surface area (Å²) in [7, 11) is 0. The second-order valence-corrected chi connectivity index (χ2v) is 5.96. The number of carbonyl (C=O) groups is 2. The lowest BCUT2D eigenvalue weighted by Crippen LogP contribution is -2.44. The Morgan fingerprint density at radius 1 is 1.07 bits per heavy atom. The maximum atomic E-state index is 12.0. The molecule has 1 fully saturated rings. The fourth-order valence-electron chi connectivity index (χ4n) is 2.14. The molecule has 1 saturated carbocycles. The normalized spacial score (nSPS) is 26.3. The average Bonchev–Trinajstić information content (AvgIpc) is 2.00. The van der Waals surface area contributed by atoms with E-state index < -0.39 is 0 Å². The maximum absolute atomic E-state index is 12.0. The predicted octanol–water partition coefficient (Wildman–Crippen LogP) is 2.85. The van der Waals surface area contributed by atoms with Gasteiger partial charge in [0, 0.05) is 23.2 Å². The number of Topliss-reactive ketones (excluding diaryl/α,β-unsaturated/α-hetero) is 2. The molecule has 0 aromatic heterocycles. The van der Waals surface area contributed by atoms with Crippen LogP contribution < -0.4 is 0 Å². The lowest BCUT2D eigenvalue weighted by Gasteiger charge is -2.38. The highest BCUT2D eigenvalue weighted by Gasteiger charge is 2.44. The molecule has 0 aromatic carbocycles. The zero-order valence-corrected chi connectivity index (χ0v) is 10.5. The summed E-state index contributed by atoms with van der Waals surface area (Å²) in [5.74, 6) is 0.596. The highest BCUT2D eigenvalue weighted by Crippen LogP contribution is 2.41. The van der Waals surface area contributed by atoms with Crippen molar-refractivity contribution in [3.8, 4) is 0 Å². The van der Waals surface area contributed by atoms with Gasteiger partial charge in [0.05, 0.1) is 0 Å². The average molecular weight is 210 g/mol. The summed E-state index contributed by atoms with van der Waals surface area (Å²) < 4.78 is 0. The first-order valence-corrected chi connectivity index (χ1v) is 5.83. The van der Waals surface area contributed by atoms with Crippen LogP contribution in [-0.4, -0.2) is 11.6 Å². The Balaban J connectivity index is 2.67. The molecule has 1 aliphatic carbocycles. The van der Waals surface area contributed by atoms with E-state index in [1.807, 2.05) is 34.6 Å². The molecule has 0 N–H and O–H groups in total. The van der Waals surface area contributed by atoms with Gasteiger partial charge in [0.2, 0.25) is 0 Å². The first kappa shape index (κ1) is 12.4. The minimum atomic E-state index is -0.305. The van der Waals surface area contributed by atoms with Gasteiger partial charge in [-0.15, -0.1) is 0 Å². The standard InChI is InChI=1S/C13H22O2/c1-8(2)11(14)9-6-7-10(9)12(15)13(3,4)5/h8-10H,6-7H2,1-5H3/t9-,10-/m1/s1. The van der Waals surface area contributed by atoms with Crippen LogP contribution >= 0.6 is 0 Å². The first-order valence-electron chi connectivity index (χ1n) is 5.83. The van der Waals surface area contributed by atoms with Gasteiger partial charge in [0.25, 0.3) is 0 Å². The Morgan fingerprint density at radius 3 is 1.80 bits per heavy atom. The zero-order chi connectivity index (χ0) is 11.8. The van der Waals surface area contributed by atoms with Crippen molar-refractivity contribution in [3.05, 3.63) is 0 Å². The van der Waals surface area contributed by atoms with E-state index >= 15 is 0 Å². The van der Waals surface area contributed by atoms with Crippen molar-refractivity contribution >= 4 is 11.6 Å². The molecule has 86 valence electrons. The molecule has 0 radical (unpaired) electrons. The molecule has 1 rings (SSSR count). The topological polar surface area (TPSA) is 34.1 Å². The zero-order valence-electron chi connectivity index (χ0n) is 10.5. The van der Waals surface area contributed by atoms with Crippen molar-refractivity contribution in [2.24, 2.45) is 23.2 Å². The molecule has 0 saturated heterocycles. The molecule has 0 aliphatic heterocycles. The lowest BCUT2D eigenvalue weighted by molar-refractivity contribution is -0.144. The molecular formula is C13H22O2. The fraction of sp³-hybridized carbons (Fsp3) is 0.846. The molecule has 15 heavy (non-hydrogen) atoms. The monoisotopic (exact) mass is 210 g/mol. The Hall–Kier alpha value is -0.660. The molecule has 0 aromatic rings. The number of hydrogen-bond donors (Lipinski definition) is 0. The van der Waals surface area contributed by atoms with Gasteiger partial charge in [0.15, 0.2) is 0 Å². The van der Waals surface area contributed by atoms with Crippen LogP contribution in [0.1, 0.15) is 47.5 Å². The molecule has 2 heteroatoms. The molecule has 0 amide bonds. The van der Waals surface area contributed by atoms with Gasteiger partial charge in [-0.1, -0.05) is 34.6 Å². The summed E-state index contributed by atoms with van der Waals surface area (Å²) in [5.41, 5.74) is -0.305. The number of ketones is 2. The molecule has 0 bridgehead atoms. The van der Waals surface area contributed by atoms with E-state index in [4.69, 9.17) is 0 Å². The first-order chi connectivity index (χ1) is 6.75. The largest absolute Gasteiger partial charge is 0.299 e. The molecule has 0 heterocycles. The van der Waals surface area contributed by atoms with Crippen LogP contribution in [0, 0.1) is 23.2 Å². The SMILES string of the molecule is CC(C)C(=O)[C@@H]1CC[C@H]1C(=O)C(C)(C)C. The van der Waals surface area contributed by atoms with Crippen molar-refractivity contribution in [1.82, 2.24) is 0 Å². The minimum absolute atomic E-state index is 0.0000926. The van der Waals surface area contributed by atoms with E-state index in [0.717, 1.165) is 12.8 Å². The minimum Gasteiger partial charge on any atom is -0.299 e. The van der Waals surface area contributed by atoms with Gasteiger partial charge >= 0.3 is 0 Å². The smallest absolute Gasteiger partial charge is 0.141 e. The van der Waals surface area contributed by atoms with Gasteiger partial charge in [-0.05, 0) is 12.8 Å². The summed E-state index contributed by atoms with van der Waals surface area (Å²) in [5, 5.41) is 0.